The van der Waals surface area contributed by atoms with Crippen molar-refractivity contribution in [2.45, 2.75) is 19.6 Å². The molecule has 0 radical (unpaired) electrons. The average Bonchev–Trinajstić information content (AvgIpc) is 2.53. The number of carboxylic acids is 1. The number of aromatic nitrogens is 1. The topological polar surface area (TPSA) is 96.3 Å². The van der Waals surface area contributed by atoms with Gasteiger partial charge in [-0.05, 0) is 19.1 Å². The summed E-state index contributed by atoms with van der Waals surface area (Å²) in [5.74, 6) is -1.22. The smallest absolute Gasteiger partial charge is 0.337 e. The molecule has 0 aliphatic carbocycles. The van der Waals surface area contributed by atoms with Crippen LogP contribution in [-0.2, 0) is 11.3 Å². The van der Waals surface area contributed by atoms with E-state index in [1.54, 1.807) is 31.2 Å². The number of carbonyl (C=O) groups excluding carboxylic acids is 1. The predicted octanol–water partition coefficient (Wildman–Crippen LogP) is 1.40. The lowest BCUT2D eigenvalue weighted by Crippen LogP contribution is -2.48. The van der Waals surface area contributed by atoms with Crippen LogP contribution < -0.4 is 15.6 Å². The van der Waals surface area contributed by atoms with Crippen LogP contribution >= 0.6 is 0 Å². The van der Waals surface area contributed by atoms with Gasteiger partial charge in [0.25, 0.3) is 5.91 Å². The maximum absolute atomic E-state index is 12.2. The van der Waals surface area contributed by atoms with Gasteiger partial charge in [0.05, 0.1) is 22.5 Å². The van der Waals surface area contributed by atoms with Gasteiger partial charge in [0.15, 0.2) is 0 Å². The third-order valence-electron chi connectivity index (χ3n) is 3.83. The minimum Gasteiger partial charge on any atom is -0.478 e. The number of rotatable bonds is 4. The first-order valence-corrected chi connectivity index (χ1v) is 7.60. The van der Waals surface area contributed by atoms with Crippen molar-refractivity contribution in [2.24, 2.45) is 5.73 Å². The Hall–Kier alpha value is -2.99. The fraction of sp³-hybridized carbons (Fsp3) is 0.167. The van der Waals surface area contributed by atoms with E-state index < -0.39 is 12.1 Å². The Morgan fingerprint density at radius 3 is 2.04 bits per heavy atom. The molecule has 1 atom stereocenters. The zero-order valence-corrected chi connectivity index (χ0v) is 13.2. The molecule has 6 nitrogen and oxygen atoms in total. The molecule has 0 spiro atoms. The van der Waals surface area contributed by atoms with Crippen LogP contribution in [0.2, 0.25) is 0 Å². The van der Waals surface area contributed by atoms with Gasteiger partial charge in [-0.15, -0.1) is 0 Å². The Balaban J connectivity index is 2.32. The Labute approximate surface area is 138 Å². The second kappa shape index (κ2) is 6.25. The van der Waals surface area contributed by atoms with Gasteiger partial charge in [-0.1, -0.05) is 24.3 Å². The molecule has 1 amide bonds. The van der Waals surface area contributed by atoms with Gasteiger partial charge in [0.1, 0.15) is 0 Å². The Morgan fingerprint density at radius 2 is 1.58 bits per heavy atom. The minimum absolute atomic E-state index is 0.0580. The summed E-state index contributed by atoms with van der Waals surface area (Å²) in [5.41, 5.74) is 7.23. The summed E-state index contributed by atoms with van der Waals surface area (Å²) in [6.07, 6.45) is -0.450. The van der Waals surface area contributed by atoms with E-state index in [-0.39, 0.29) is 18.0 Å². The highest BCUT2D eigenvalue weighted by Crippen LogP contribution is 2.24. The molecule has 0 aliphatic heterocycles. The molecule has 0 saturated heterocycles. The number of benzene rings is 2. The Kier molecular flexibility index (Phi) is 4.14. The number of nitrogens with one attached hydrogen (secondary N) is 1. The average molecular weight is 324 g/mol. The second-order valence-electron chi connectivity index (χ2n) is 5.66. The van der Waals surface area contributed by atoms with Gasteiger partial charge in [-0.25, -0.2) is 4.79 Å². The van der Waals surface area contributed by atoms with E-state index in [0.29, 0.717) is 21.8 Å². The number of hydrogen-bond acceptors (Lipinski definition) is 3. The molecule has 1 unspecified atom stereocenters. The van der Waals surface area contributed by atoms with E-state index >= 15 is 0 Å². The van der Waals surface area contributed by atoms with Crippen LogP contribution in [0.5, 0.6) is 0 Å². The maximum Gasteiger partial charge on any atom is 0.337 e. The number of aromatic carboxylic acids is 1. The molecule has 122 valence electrons. The molecular weight excluding hydrogens is 306 g/mol. The van der Waals surface area contributed by atoms with Crippen LogP contribution in [0.3, 0.4) is 0 Å². The van der Waals surface area contributed by atoms with E-state index in [2.05, 4.69) is 5.32 Å². The molecule has 4 N–H and O–H groups in total. The van der Waals surface area contributed by atoms with Gasteiger partial charge >= 0.3 is 5.97 Å². The van der Waals surface area contributed by atoms with E-state index in [1.807, 2.05) is 28.8 Å². The SMILES string of the molecule is CC(N)NC(=O)C[n+]1c2ccccc2c(C(=O)O)c2ccccc21. The third kappa shape index (κ3) is 2.79. The number of carboxylic acid groups (broad SMARTS) is 1. The molecule has 3 aromatic rings. The maximum atomic E-state index is 12.2. The standard InChI is InChI=1S/C18H17N3O3/c1-11(19)20-16(22)10-21-14-8-4-2-6-12(14)17(18(23)24)13-7-3-5-9-15(13)21/h2-9,11H,10,19H2,1H3,(H-,20,22,23,24)/p+1. The van der Waals surface area contributed by atoms with Crippen LogP contribution in [0, 0.1) is 0 Å². The van der Waals surface area contributed by atoms with E-state index in [0.717, 1.165) is 0 Å². The number of nitrogens with two attached hydrogens (primary N) is 1. The Morgan fingerprint density at radius 1 is 1.08 bits per heavy atom. The first-order chi connectivity index (χ1) is 11.5. The minimum atomic E-state index is -0.991. The summed E-state index contributed by atoms with van der Waals surface area (Å²) in [4.78, 5) is 24.0. The van der Waals surface area contributed by atoms with Crippen LogP contribution in [-0.4, -0.2) is 23.1 Å². The fourth-order valence-electron chi connectivity index (χ4n) is 2.96. The third-order valence-corrected chi connectivity index (χ3v) is 3.83. The van der Waals surface area contributed by atoms with E-state index in [9.17, 15) is 14.7 Å². The van der Waals surface area contributed by atoms with Gasteiger partial charge in [0.2, 0.25) is 17.6 Å². The summed E-state index contributed by atoms with van der Waals surface area (Å²) >= 11 is 0. The fourth-order valence-corrected chi connectivity index (χ4v) is 2.96. The van der Waals surface area contributed by atoms with Crippen molar-refractivity contribution in [3.8, 4) is 0 Å². The number of hydrogen-bond donors (Lipinski definition) is 3. The molecule has 3 rings (SSSR count). The highest BCUT2D eigenvalue weighted by Gasteiger charge is 2.25. The Bertz CT molecular complexity index is 894. The van der Waals surface area contributed by atoms with Crippen molar-refractivity contribution in [1.82, 2.24) is 5.32 Å². The molecule has 1 heterocycles. The number of carbonyl (C=O) groups is 2. The van der Waals surface area contributed by atoms with Gasteiger partial charge < -0.3 is 16.2 Å². The lowest BCUT2D eigenvalue weighted by Gasteiger charge is -2.11. The number of fused-ring (bicyclic) bond motifs is 2. The van der Waals surface area contributed by atoms with E-state index in [4.69, 9.17) is 5.73 Å². The van der Waals surface area contributed by atoms with E-state index in [1.165, 1.54) is 0 Å². The lowest BCUT2D eigenvalue weighted by atomic mass is 10.0. The van der Waals surface area contributed by atoms with Crippen molar-refractivity contribution in [3.63, 3.8) is 0 Å². The first-order valence-electron chi connectivity index (χ1n) is 7.60. The van der Waals surface area contributed by atoms with Crippen molar-refractivity contribution in [2.75, 3.05) is 0 Å². The predicted molar refractivity (Wildman–Crippen MR) is 90.4 cm³/mol. The summed E-state index contributed by atoms with van der Waals surface area (Å²) < 4.78 is 1.81. The molecular formula is C18H18N3O3+. The molecule has 0 saturated carbocycles. The molecule has 6 heteroatoms. The summed E-state index contributed by atoms with van der Waals surface area (Å²) in [6, 6.07) is 14.4. The molecule has 0 aliphatic rings. The highest BCUT2D eigenvalue weighted by molar-refractivity contribution is 6.12. The van der Waals surface area contributed by atoms with Crippen molar-refractivity contribution in [1.29, 1.82) is 0 Å². The molecule has 24 heavy (non-hydrogen) atoms. The summed E-state index contributed by atoms with van der Waals surface area (Å²) in [6.45, 7) is 1.74. The quantitative estimate of drug-likeness (QED) is 0.384. The van der Waals surface area contributed by atoms with Gasteiger partial charge in [0, 0.05) is 12.1 Å². The zero-order valence-electron chi connectivity index (χ0n) is 13.2. The van der Waals surface area contributed by atoms with Crippen LogP contribution in [0.4, 0.5) is 0 Å². The van der Waals surface area contributed by atoms with Crippen molar-refractivity contribution < 1.29 is 19.3 Å². The van der Waals surface area contributed by atoms with Crippen LogP contribution in [0.15, 0.2) is 48.5 Å². The first kappa shape index (κ1) is 15.9. The number of para-hydroxylation sites is 2. The number of amides is 1. The summed E-state index contributed by atoms with van der Waals surface area (Å²) in [5, 5.41) is 13.5. The number of pyridine rings is 1. The molecule has 0 fully saturated rings. The summed E-state index contributed by atoms with van der Waals surface area (Å²) in [7, 11) is 0. The normalized spacial score (nSPS) is 12.2. The largest absolute Gasteiger partial charge is 0.478 e. The van der Waals surface area contributed by atoms with Gasteiger partial charge in [-0.2, -0.15) is 4.57 Å². The van der Waals surface area contributed by atoms with Gasteiger partial charge in [-0.3, -0.25) is 4.79 Å². The van der Waals surface area contributed by atoms with Crippen LogP contribution in [0.25, 0.3) is 21.8 Å². The molecule has 2 aromatic carbocycles. The van der Waals surface area contributed by atoms with Crippen LogP contribution in [0.1, 0.15) is 17.3 Å². The number of nitrogens with zero attached hydrogens (tertiary/aromatic N) is 1. The second-order valence-corrected chi connectivity index (χ2v) is 5.66. The van der Waals surface area contributed by atoms with Crippen molar-refractivity contribution >= 4 is 33.7 Å². The monoisotopic (exact) mass is 324 g/mol. The molecule has 0 bridgehead atoms. The lowest BCUT2D eigenvalue weighted by molar-refractivity contribution is -0.632. The highest BCUT2D eigenvalue weighted by atomic mass is 16.4. The van der Waals surface area contributed by atoms with Crippen molar-refractivity contribution in [3.05, 3.63) is 54.1 Å². The molecule has 1 aromatic heterocycles. The zero-order chi connectivity index (χ0) is 17.3.